The summed E-state index contributed by atoms with van der Waals surface area (Å²) in [5.74, 6) is -5.72. The number of methoxy groups -OCH3 is 2. The molecule has 4 atom stereocenters. The molecule has 6 N–H and O–H groups in total. The normalized spacial score (nSPS) is 20.7. The van der Waals surface area contributed by atoms with E-state index in [0.29, 0.717) is 33.9 Å². The Kier molecular flexibility index (Phi) is 8.58. The Morgan fingerprint density at radius 2 is 0.885 bits per heavy atom. The quantitative estimate of drug-likeness (QED) is 0.153. The van der Waals surface area contributed by atoms with Gasteiger partial charge in [0.15, 0.2) is 0 Å². The molecule has 3 aliphatic rings. The SMILES string of the molecule is COc1cc(NC(=O)c2ccc(N)cc2)ccc1N1C(=O)C2CC3C(=O)N(c4ccc(NC(=O)c5ccc(N)cc5)cc4OC)C(=O)C3CC2C1=O. The zero-order chi connectivity index (χ0) is 36.8. The lowest BCUT2D eigenvalue weighted by Gasteiger charge is -2.28. The molecule has 52 heavy (non-hydrogen) atoms. The van der Waals surface area contributed by atoms with Gasteiger partial charge in [0.25, 0.3) is 11.8 Å². The Balaban J connectivity index is 1.08. The van der Waals surface area contributed by atoms with Crippen LogP contribution in [0.4, 0.5) is 34.1 Å². The van der Waals surface area contributed by atoms with Gasteiger partial charge < -0.3 is 31.6 Å². The van der Waals surface area contributed by atoms with Crippen LogP contribution in [0.2, 0.25) is 0 Å². The third kappa shape index (κ3) is 5.83. The van der Waals surface area contributed by atoms with Crippen LogP contribution in [-0.4, -0.2) is 49.7 Å². The molecule has 2 heterocycles. The molecule has 4 aromatic carbocycles. The van der Waals surface area contributed by atoms with Crippen molar-refractivity contribution in [3.05, 3.63) is 96.1 Å². The number of carbonyl (C=O) groups excluding carboxylic acids is 6. The second kappa shape index (κ2) is 13.2. The lowest BCUT2D eigenvalue weighted by atomic mass is 9.70. The maximum Gasteiger partial charge on any atom is 0.255 e. The largest absolute Gasteiger partial charge is 0.494 e. The molecular weight excluding hydrogens is 668 g/mol. The van der Waals surface area contributed by atoms with Crippen LogP contribution < -0.4 is 41.4 Å². The fourth-order valence-electron chi connectivity index (χ4n) is 7.21. The van der Waals surface area contributed by atoms with Crippen LogP contribution in [0.1, 0.15) is 33.6 Å². The number of nitrogen functional groups attached to an aromatic ring is 2. The summed E-state index contributed by atoms with van der Waals surface area (Å²) < 4.78 is 11.1. The summed E-state index contributed by atoms with van der Waals surface area (Å²) >= 11 is 0. The minimum absolute atomic E-state index is 0.00751. The number of fused-ring (bicyclic) bond motifs is 2. The lowest BCUT2D eigenvalue weighted by molar-refractivity contribution is -0.129. The highest BCUT2D eigenvalue weighted by atomic mass is 16.5. The van der Waals surface area contributed by atoms with Crippen LogP contribution in [0.3, 0.4) is 0 Å². The predicted octanol–water partition coefficient (Wildman–Crippen LogP) is 4.08. The predicted molar refractivity (Wildman–Crippen MR) is 192 cm³/mol. The Bertz CT molecular complexity index is 1960. The first kappa shape index (κ1) is 33.8. The first-order chi connectivity index (χ1) is 25.0. The van der Waals surface area contributed by atoms with Gasteiger partial charge in [0.2, 0.25) is 23.6 Å². The van der Waals surface area contributed by atoms with E-state index in [9.17, 15) is 28.8 Å². The second-order valence-electron chi connectivity index (χ2n) is 12.8. The highest BCUT2D eigenvalue weighted by Gasteiger charge is 2.60. The Hall–Kier alpha value is -6.70. The minimum Gasteiger partial charge on any atom is -0.494 e. The van der Waals surface area contributed by atoms with Crippen molar-refractivity contribution in [2.75, 3.05) is 46.1 Å². The third-order valence-corrected chi connectivity index (χ3v) is 9.84. The van der Waals surface area contributed by atoms with Gasteiger partial charge in [-0.2, -0.15) is 0 Å². The Morgan fingerprint density at radius 3 is 1.19 bits per heavy atom. The van der Waals surface area contributed by atoms with Crippen LogP contribution in [-0.2, 0) is 19.2 Å². The van der Waals surface area contributed by atoms with E-state index in [1.54, 1.807) is 60.7 Å². The van der Waals surface area contributed by atoms with E-state index in [4.69, 9.17) is 20.9 Å². The van der Waals surface area contributed by atoms with Crippen molar-refractivity contribution in [3.63, 3.8) is 0 Å². The van der Waals surface area contributed by atoms with Crippen molar-refractivity contribution >= 4 is 69.6 Å². The maximum atomic E-state index is 13.9. The van der Waals surface area contributed by atoms with Gasteiger partial charge in [-0.15, -0.1) is 0 Å². The molecular formula is C38H34N6O8. The van der Waals surface area contributed by atoms with Gasteiger partial charge in [-0.3, -0.25) is 28.8 Å². The third-order valence-electron chi connectivity index (χ3n) is 9.84. The molecule has 1 saturated carbocycles. The van der Waals surface area contributed by atoms with Gasteiger partial charge in [0.1, 0.15) is 11.5 Å². The topological polar surface area (TPSA) is 203 Å². The molecule has 14 heteroatoms. The standard InChI is InChI=1S/C38H34N6O8/c1-51-31-15-23(41-33(45)19-3-7-21(39)8-4-19)11-13-29(31)43-35(47)25-17-27-28(18-26(25)36(43)48)38(50)44(37(27)49)30-14-12-24(16-32(30)52-2)42-34(46)20-5-9-22(40)10-6-20/h3-16,25-28H,17-18,39-40H2,1-2H3,(H,41,45)(H,42,46). The number of ether oxygens (including phenoxy) is 2. The number of amides is 6. The summed E-state index contributed by atoms with van der Waals surface area (Å²) in [6.45, 7) is 0. The average Bonchev–Trinajstić information content (AvgIpc) is 3.54. The molecule has 0 aromatic heterocycles. The number of benzene rings is 4. The molecule has 6 amide bonds. The number of hydrogen-bond acceptors (Lipinski definition) is 10. The van der Waals surface area contributed by atoms with Crippen molar-refractivity contribution in [1.82, 2.24) is 0 Å². The summed E-state index contributed by atoms with van der Waals surface area (Å²) in [6.07, 6.45) is 0.0150. The number of imide groups is 2. The summed E-state index contributed by atoms with van der Waals surface area (Å²) in [7, 11) is 2.76. The fraction of sp³-hybridized carbons (Fsp3) is 0.211. The van der Waals surface area contributed by atoms with E-state index in [0.717, 1.165) is 9.80 Å². The van der Waals surface area contributed by atoms with E-state index in [-0.39, 0.29) is 35.7 Å². The van der Waals surface area contributed by atoms with Crippen LogP contribution in [0.5, 0.6) is 11.5 Å². The van der Waals surface area contributed by atoms with Gasteiger partial charge in [-0.1, -0.05) is 0 Å². The highest BCUT2D eigenvalue weighted by Crippen LogP contribution is 2.51. The van der Waals surface area contributed by atoms with Gasteiger partial charge in [-0.25, -0.2) is 9.80 Å². The number of rotatable bonds is 8. The summed E-state index contributed by atoms with van der Waals surface area (Å²) in [5.41, 5.74) is 14.4. The highest BCUT2D eigenvalue weighted by molar-refractivity contribution is 6.26. The molecule has 4 unspecified atom stereocenters. The molecule has 1 aliphatic carbocycles. The molecule has 4 aromatic rings. The minimum atomic E-state index is -0.826. The molecule has 264 valence electrons. The van der Waals surface area contributed by atoms with Crippen LogP contribution in [0.15, 0.2) is 84.9 Å². The zero-order valence-electron chi connectivity index (χ0n) is 28.1. The molecule has 3 fully saturated rings. The van der Waals surface area contributed by atoms with Gasteiger partial charge in [-0.05, 0) is 85.6 Å². The Labute approximate surface area is 297 Å². The van der Waals surface area contributed by atoms with Gasteiger partial charge >= 0.3 is 0 Å². The van der Waals surface area contributed by atoms with Crippen molar-refractivity contribution in [2.24, 2.45) is 23.7 Å². The van der Waals surface area contributed by atoms with E-state index in [1.165, 1.54) is 38.5 Å². The summed E-state index contributed by atoms with van der Waals surface area (Å²) in [5, 5.41) is 5.53. The molecule has 0 spiro atoms. The zero-order valence-corrected chi connectivity index (χ0v) is 28.1. The number of carbonyl (C=O) groups is 6. The van der Waals surface area contributed by atoms with Gasteiger partial charge in [0.05, 0.1) is 49.3 Å². The molecule has 14 nitrogen and oxygen atoms in total. The molecule has 7 rings (SSSR count). The molecule has 0 radical (unpaired) electrons. The molecule has 2 aliphatic heterocycles. The smallest absolute Gasteiger partial charge is 0.255 e. The number of nitrogens with zero attached hydrogens (tertiary/aromatic N) is 2. The van der Waals surface area contributed by atoms with Crippen LogP contribution >= 0.6 is 0 Å². The van der Waals surface area contributed by atoms with Crippen molar-refractivity contribution in [2.45, 2.75) is 12.8 Å². The lowest BCUT2D eigenvalue weighted by Crippen LogP contribution is -2.35. The number of hydrogen-bond donors (Lipinski definition) is 4. The number of nitrogens with one attached hydrogen (secondary N) is 2. The van der Waals surface area contributed by atoms with Crippen molar-refractivity contribution in [3.8, 4) is 11.5 Å². The van der Waals surface area contributed by atoms with E-state index >= 15 is 0 Å². The first-order valence-corrected chi connectivity index (χ1v) is 16.4. The molecule has 0 bridgehead atoms. The summed E-state index contributed by atoms with van der Waals surface area (Å²) in [4.78, 5) is 83.1. The number of nitrogens with two attached hydrogens (primary N) is 2. The maximum absolute atomic E-state index is 13.9. The Morgan fingerprint density at radius 1 is 0.558 bits per heavy atom. The first-order valence-electron chi connectivity index (χ1n) is 16.4. The monoisotopic (exact) mass is 702 g/mol. The van der Waals surface area contributed by atoms with E-state index < -0.39 is 59.1 Å². The summed E-state index contributed by atoms with van der Waals surface area (Å²) in [6, 6.07) is 21.9. The van der Waals surface area contributed by atoms with Crippen LogP contribution in [0.25, 0.3) is 0 Å². The number of anilines is 6. The average molecular weight is 703 g/mol. The molecule has 2 saturated heterocycles. The fourth-order valence-corrected chi connectivity index (χ4v) is 7.21. The van der Waals surface area contributed by atoms with Gasteiger partial charge in [0, 0.05) is 46.0 Å². The van der Waals surface area contributed by atoms with Crippen molar-refractivity contribution < 1.29 is 38.2 Å². The van der Waals surface area contributed by atoms with Crippen molar-refractivity contribution in [1.29, 1.82) is 0 Å². The van der Waals surface area contributed by atoms with E-state index in [1.807, 2.05) is 0 Å². The second-order valence-corrected chi connectivity index (χ2v) is 12.8. The van der Waals surface area contributed by atoms with Crippen LogP contribution in [0, 0.1) is 23.7 Å². The van der Waals surface area contributed by atoms with E-state index in [2.05, 4.69) is 10.6 Å².